The maximum Gasteiger partial charge on any atom is 0.145 e. The first kappa shape index (κ1) is 30.8. The third-order valence-corrected chi connectivity index (χ3v) is 10.7. The van der Waals surface area contributed by atoms with Gasteiger partial charge in [-0.25, -0.2) is 0 Å². The number of aryl methyl sites for hydroxylation is 1. The Morgan fingerprint density at radius 1 is 0.735 bits per heavy atom. The molecule has 0 spiro atoms. The van der Waals surface area contributed by atoms with Crippen molar-refractivity contribution >= 4 is 17.0 Å². The summed E-state index contributed by atoms with van der Waals surface area (Å²) < 4.78 is 0. The van der Waals surface area contributed by atoms with Crippen LogP contribution in [0.4, 0.5) is 0 Å². The number of rotatable bonds is 6. The fraction of sp³-hybridized carbons (Fsp3) is 0.170. The van der Waals surface area contributed by atoms with E-state index in [1.165, 1.54) is 44.5 Å². The molecule has 0 fully saturated rings. The van der Waals surface area contributed by atoms with Crippen molar-refractivity contribution in [1.29, 1.82) is 0 Å². The summed E-state index contributed by atoms with van der Waals surface area (Å²) in [6.07, 6.45) is 10.8. The van der Waals surface area contributed by atoms with Gasteiger partial charge in [0.05, 0.1) is 5.71 Å². The normalized spacial score (nSPS) is 20.1. The number of hydrogen-bond donors (Lipinski definition) is 1. The molecule has 49 heavy (non-hydrogen) atoms. The zero-order valence-electron chi connectivity index (χ0n) is 28.7. The van der Waals surface area contributed by atoms with E-state index in [0.717, 1.165) is 33.7 Å². The van der Waals surface area contributed by atoms with Crippen LogP contribution < -0.4 is 5.32 Å². The number of allylic oxidation sites excluding steroid dienone is 6. The van der Waals surface area contributed by atoms with E-state index in [2.05, 4.69) is 179 Å². The average molecular weight is 635 g/mol. The lowest BCUT2D eigenvalue weighted by Gasteiger charge is -2.30. The summed E-state index contributed by atoms with van der Waals surface area (Å²) in [6.45, 7) is 14.2. The van der Waals surface area contributed by atoms with Crippen molar-refractivity contribution in [1.82, 2.24) is 5.32 Å². The quantitative estimate of drug-likeness (QED) is 0.197. The SMILES string of the molecule is C=C(c1cc(C2N=C(c3ccccc3)C=C(c3ccccc3)N2)ccc1-c1c(C)ccc2c1C(C)(C)c1ccccc1-2)C1C=CC=CC1C. The van der Waals surface area contributed by atoms with Crippen LogP contribution in [0.25, 0.3) is 33.5 Å². The van der Waals surface area contributed by atoms with Crippen LogP contribution in [0.15, 0.2) is 157 Å². The van der Waals surface area contributed by atoms with Crippen molar-refractivity contribution in [3.63, 3.8) is 0 Å². The van der Waals surface area contributed by atoms with Gasteiger partial charge in [-0.2, -0.15) is 0 Å². The summed E-state index contributed by atoms with van der Waals surface area (Å²) in [5.41, 5.74) is 16.9. The van der Waals surface area contributed by atoms with Crippen LogP contribution in [0.1, 0.15) is 65.9 Å². The lowest BCUT2D eigenvalue weighted by atomic mass is 9.74. The second-order valence-corrected chi connectivity index (χ2v) is 14.2. The molecule has 0 bridgehead atoms. The molecule has 5 aromatic rings. The molecule has 1 heterocycles. The van der Waals surface area contributed by atoms with Gasteiger partial charge in [0.1, 0.15) is 6.17 Å². The van der Waals surface area contributed by atoms with Crippen molar-refractivity contribution in [2.24, 2.45) is 16.8 Å². The van der Waals surface area contributed by atoms with E-state index in [-0.39, 0.29) is 17.5 Å². The molecule has 2 heteroatoms. The summed E-state index contributed by atoms with van der Waals surface area (Å²) in [5.74, 6) is 0.546. The summed E-state index contributed by atoms with van der Waals surface area (Å²) in [6, 6.07) is 41.6. The summed E-state index contributed by atoms with van der Waals surface area (Å²) in [7, 11) is 0. The number of nitrogens with zero attached hydrogens (tertiary/aromatic N) is 1. The zero-order chi connectivity index (χ0) is 33.7. The summed E-state index contributed by atoms with van der Waals surface area (Å²) in [4.78, 5) is 5.33. The molecular formula is C47H42N2. The highest BCUT2D eigenvalue weighted by atomic mass is 15.1. The van der Waals surface area contributed by atoms with E-state index >= 15 is 0 Å². The van der Waals surface area contributed by atoms with Gasteiger partial charge in [0, 0.05) is 17.0 Å². The van der Waals surface area contributed by atoms with E-state index in [1.807, 2.05) is 0 Å². The highest BCUT2D eigenvalue weighted by Gasteiger charge is 2.38. The van der Waals surface area contributed by atoms with Gasteiger partial charge in [0.2, 0.25) is 0 Å². The molecule has 0 saturated carbocycles. The van der Waals surface area contributed by atoms with Gasteiger partial charge in [-0.15, -0.1) is 0 Å². The Kier molecular flexibility index (Phi) is 7.68. The molecule has 0 radical (unpaired) electrons. The largest absolute Gasteiger partial charge is 0.360 e. The first-order valence-electron chi connectivity index (χ1n) is 17.4. The molecule has 2 aliphatic carbocycles. The van der Waals surface area contributed by atoms with E-state index in [9.17, 15) is 0 Å². The van der Waals surface area contributed by atoms with Gasteiger partial charge in [0.25, 0.3) is 0 Å². The van der Waals surface area contributed by atoms with Gasteiger partial charge in [-0.3, -0.25) is 4.99 Å². The van der Waals surface area contributed by atoms with Gasteiger partial charge in [-0.1, -0.05) is 161 Å². The number of fused-ring (bicyclic) bond motifs is 3. The minimum absolute atomic E-state index is 0.138. The van der Waals surface area contributed by atoms with Crippen LogP contribution in [0.2, 0.25) is 0 Å². The Hall–Kier alpha value is -5.47. The highest BCUT2D eigenvalue weighted by Crippen LogP contribution is 2.54. The topological polar surface area (TPSA) is 24.4 Å². The molecule has 2 nitrogen and oxygen atoms in total. The Morgan fingerprint density at radius 3 is 2.16 bits per heavy atom. The molecule has 3 aliphatic rings. The standard InChI is InChI=1S/C47H42N2/c1-30-16-12-13-21-36(30)32(3)40-28-35(46-48-42(33-17-8-6-9-18-33)29-43(49-46)34-19-10-7-11-20-34)25-27-38(40)44-31(2)24-26-39-37-22-14-15-23-41(37)47(4,5)45(39)44/h6-30,36,46,48H,3H2,1-2,4-5H3. The summed E-state index contributed by atoms with van der Waals surface area (Å²) in [5, 5.41) is 3.80. The van der Waals surface area contributed by atoms with Crippen LogP contribution in [0.5, 0.6) is 0 Å². The highest BCUT2D eigenvalue weighted by molar-refractivity contribution is 6.13. The third kappa shape index (κ3) is 5.33. The number of hydrogen-bond acceptors (Lipinski definition) is 2. The second-order valence-electron chi connectivity index (χ2n) is 14.2. The molecule has 0 saturated heterocycles. The predicted molar refractivity (Wildman–Crippen MR) is 207 cm³/mol. The van der Waals surface area contributed by atoms with Gasteiger partial charge in [0.15, 0.2) is 0 Å². The fourth-order valence-corrected chi connectivity index (χ4v) is 8.12. The van der Waals surface area contributed by atoms with Crippen molar-refractivity contribution in [3.8, 4) is 22.3 Å². The molecule has 5 aromatic carbocycles. The Morgan fingerprint density at radius 2 is 1.41 bits per heavy atom. The Balaban J connectivity index is 1.31. The van der Waals surface area contributed by atoms with E-state index < -0.39 is 0 Å². The number of nitrogens with one attached hydrogen (secondary N) is 1. The van der Waals surface area contributed by atoms with E-state index in [4.69, 9.17) is 11.6 Å². The van der Waals surface area contributed by atoms with Crippen LogP contribution >= 0.6 is 0 Å². The predicted octanol–water partition coefficient (Wildman–Crippen LogP) is 11.5. The van der Waals surface area contributed by atoms with Gasteiger partial charge >= 0.3 is 0 Å². The molecular weight excluding hydrogens is 593 g/mol. The maximum atomic E-state index is 5.33. The molecule has 3 atom stereocenters. The first-order chi connectivity index (χ1) is 23.8. The molecule has 240 valence electrons. The van der Waals surface area contributed by atoms with Crippen molar-refractivity contribution in [2.75, 3.05) is 0 Å². The molecule has 0 amide bonds. The fourth-order valence-electron chi connectivity index (χ4n) is 8.12. The smallest absolute Gasteiger partial charge is 0.145 e. The number of aliphatic imine (C=N–C) groups is 1. The second kappa shape index (κ2) is 12.2. The van der Waals surface area contributed by atoms with Crippen LogP contribution in [-0.2, 0) is 5.41 Å². The van der Waals surface area contributed by atoms with Gasteiger partial charge in [-0.05, 0) is 91.8 Å². The summed E-state index contributed by atoms with van der Waals surface area (Å²) >= 11 is 0. The molecule has 1 N–H and O–H groups in total. The minimum atomic E-state index is -0.265. The van der Waals surface area contributed by atoms with Crippen molar-refractivity contribution < 1.29 is 0 Å². The van der Waals surface area contributed by atoms with Gasteiger partial charge < -0.3 is 5.32 Å². The van der Waals surface area contributed by atoms with Crippen molar-refractivity contribution in [2.45, 2.75) is 39.3 Å². The van der Waals surface area contributed by atoms with Crippen LogP contribution in [-0.4, -0.2) is 5.71 Å². The minimum Gasteiger partial charge on any atom is -0.360 e. The van der Waals surface area contributed by atoms with E-state index in [1.54, 1.807) is 0 Å². The lowest BCUT2D eigenvalue weighted by molar-refractivity contribution is 0.620. The van der Waals surface area contributed by atoms with Crippen LogP contribution in [0.3, 0.4) is 0 Å². The Labute approximate surface area is 291 Å². The molecule has 1 aliphatic heterocycles. The van der Waals surface area contributed by atoms with E-state index in [0.29, 0.717) is 5.92 Å². The molecule has 3 unspecified atom stereocenters. The lowest BCUT2D eigenvalue weighted by Crippen LogP contribution is -2.25. The third-order valence-electron chi connectivity index (χ3n) is 10.7. The monoisotopic (exact) mass is 634 g/mol. The zero-order valence-corrected chi connectivity index (χ0v) is 28.7. The maximum absolute atomic E-state index is 5.33. The average Bonchev–Trinajstić information content (AvgIpc) is 3.38. The first-order valence-corrected chi connectivity index (χ1v) is 17.4. The number of benzene rings is 5. The Bertz CT molecular complexity index is 2210. The molecule has 0 aromatic heterocycles. The van der Waals surface area contributed by atoms with Crippen molar-refractivity contribution in [3.05, 3.63) is 191 Å². The molecule has 8 rings (SSSR count). The van der Waals surface area contributed by atoms with Crippen LogP contribution in [0, 0.1) is 18.8 Å².